The lowest BCUT2D eigenvalue weighted by molar-refractivity contribution is -0.123. The summed E-state index contributed by atoms with van der Waals surface area (Å²) in [4.78, 5) is 26.3. The summed E-state index contributed by atoms with van der Waals surface area (Å²) in [5, 5.41) is 9.61. The van der Waals surface area contributed by atoms with Crippen molar-refractivity contribution in [3.05, 3.63) is 18.0 Å². The Morgan fingerprint density at radius 3 is 3.05 bits per heavy atom. The molecule has 0 bridgehead atoms. The van der Waals surface area contributed by atoms with E-state index in [2.05, 4.69) is 15.5 Å². The van der Waals surface area contributed by atoms with Gasteiger partial charge in [0.2, 0.25) is 5.91 Å². The summed E-state index contributed by atoms with van der Waals surface area (Å²) < 4.78 is 0. The molecule has 1 saturated heterocycles. The van der Waals surface area contributed by atoms with Crippen LogP contribution in [0.15, 0.2) is 12.3 Å². The molecular weight excluding hydrogens is 268 g/mol. The van der Waals surface area contributed by atoms with Gasteiger partial charge in [0.05, 0.1) is 0 Å². The Morgan fingerprint density at radius 1 is 1.48 bits per heavy atom. The highest BCUT2D eigenvalue weighted by atomic mass is 16.2. The van der Waals surface area contributed by atoms with Crippen molar-refractivity contribution in [2.24, 2.45) is 17.3 Å². The SMILES string of the molecule is O=C(NCC1CC1)C1CC12CCN(C(=O)c1ccn[nH]1)C2. The third-order valence-electron chi connectivity index (χ3n) is 5.17. The van der Waals surface area contributed by atoms with Crippen LogP contribution in [0.3, 0.4) is 0 Å². The predicted molar refractivity (Wildman–Crippen MR) is 75.4 cm³/mol. The van der Waals surface area contributed by atoms with Crippen molar-refractivity contribution < 1.29 is 9.59 Å². The molecule has 2 heterocycles. The highest BCUT2D eigenvalue weighted by Crippen LogP contribution is 2.58. The molecule has 6 nitrogen and oxygen atoms in total. The average molecular weight is 288 g/mol. The van der Waals surface area contributed by atoms with Crippen molar-refractivity contribution in [3.8, 4) is 0 Å². The zero-order valence-corrected chi connectivity index (χ0v) is 12.0. The molecule has 6 heteroatoms. The first-order valence-electron chi connectivity index (χ1n) is 7.74. The molecule has 2 amide bonds. The van der Waals surface area contributed by atoms with Gasteiger partial charge in [-0.2, -0.15) is 5.10 Å². The van der Waals surface area contributed by atoms with Gasteiger partial charge in [-0.15, -0.1) is 0 Å². The topological polar surface area (TPSA) is 78.1 Å². The lowest BCUT2D eigenvalue weighted by Crippen LogP contribution is -2.32. The third kappa shape index (κ3) is 2.32. The molecule has 0 aromatic carbocycles. The minimum absolute atomic E-state index is 0.00610. The van der Waals surface area contributed by atoms with Crippen LogP contribution in [0.1, 0.15) is 36.2 Å². The van der Waals surface area contributed by atoms with E-state index in [1.54, 1.807) is 12.3 Å². The zero-order valence-electron chi connectivity index (χ0n) is 12.0. The molecule has 3 fully saturated rings. The van der Waals surface area contributed by atoms with Crippen molar-refractivity contribution in [1.82, 2.24) is 20.4 Å². The summed E-state index contributed by atoms with van der Waals surface area (Å²) in [5.41, 5.74) is 0.575. The molecule has 2 atom stereocenters. The highest BCUT2D eigenvalue weighted by Gasteiger charge is 2.61. The molecule has 4 rings (SSSR count). The zero-order chi connectivity index (χ0) is 14.4. The second-order valence-corrected chi connectivity index (χ2v) is 6.75. The summed E-state index contributed by atoms with van der Waals surface area (Å²) in [6, 6.07) is 1.69. The molecule has 112 valence electrons. The van der Waals surface area contributed by atoms with Crippen molar-refractivity contribution in [1.29, 1.82) is 0 Å². The van der Waals surface area contributed by atoms with E-state index < -0.39 is 0 Å². The third-order valence-corrected chi connectivity index (χ3v) is 5.17. The molecule has 1 aliphatic heterocycles. The summed E-state index contributed by atoms with van der Waals surface area (Å²) in [7, 11) is 0. The number of hydrogen-bond donors (Lipinski definition) is 2. The van der Waals surface area contributed by atoms with Crippen molar-refractivity contribution in [2.45, 2.75) is 25.7 Å². The van der Waals surface area contributed by atoms with E-state index in [9.17, 15) is 9.59 Å². The minimum atomic E-state index is -0.00610. The molecule has 2 aliphatic carbocycles. The molecule has 1 spiro atoms. The Labute approximate surface area is 123 Å². The smallest absolute Gasteiger partial charge is 0.271 e. The Bertz CT molecular complexity index is 566. The number of aromatic nitrogens is 2. The molecule has 1 aromatic rings. The van der Waals surface area contributed by atoms with E-state index in [1.807, 2.05) is 4.90 Å². The second kappa shape index (κ2) is 4.58. The lowest BCUT2D eigenvalue weighted by Gasteiger charge is -2.15. The highest BCUT2D eigenvalue weighted by molar-refractivity contribution is 5.92. The predicted octanol–water partition coefficient (Wildman–Crippen LogP) is 0.788. The fourth-order valence-electron chi connectivity index (χ4n) is 3.47. The van der Waals surface area contributed by atoms with E-state index in [-0.39, 0.29) is 23.1 Å². The van der Waals surface area contributed by atoms with Crippen LogP contribution < -0.4 is 5.32 Å². The second-order valence-electron chi connectivity index (χ2n) is 6.75. The molecular formula is C15H20N4O2. The molecule has 2 N–H and O–H groups in total. The van der Waals surface area contributed by atoms with Crippen LogP contribution in [0.4, 0.5) is 0 Å². The van der Waals surface area contributed by atoms with Crippen LogP contribution in [0, 0.1) is 17.3 Å². The standard InChI is InChI=1S/C15H20N4O2/c20-13(16-8-10-1-2-10)11-7-15(11)4-6-19(9-15)14(21)12-3-5-17-18-12/h3,5,10-11H,1-2,4,6-9H2,(H,16,20)(H,17,18). The largest absolute Gasteiger partial charge is 0.356 e. The van der Waals surface area contributed by atoms with Gasteiger partial charge >= 0.3 is 0 Å². The van der Waals surface area contributed by atoms with Crippen LogP contribution in [-0.2, 0) is 4.79 Å². The van der Waals surface area contributed by atoms with Gasteiger partial charge in [-0.1, -0.05) is 0 Å². The number of nitrogens with one attached hydrogen (secondary N) is 2. The average Bonchev–Trinajstić information content (AvgIpc) is 3.30. The van der Waals surface area contributed by atoms with E-state index in [4.69, 9.17) is 0 Å². The number of carbonyl (C=O) groups is 2. The number of amides is 2. The monoisotopic (exact) mass is 288 g/mol. The van der Waals surface area contributed by atoms with Crippen LogP contribution in [0.5, 0.6) is 0 Å². The molecule has 2 saturated carbocycles. The Kier molecular flexibility index (Phi) is 2.80. The normalized spacial score (nSPS) is 30.7. The molecule has 2 unspecified atom stereocenters. The van der Waals surface area contributed by atoms with Crippen LogP contribution >= 0.6 is 0 Å². The van der Waals surface area contributed by atoms with E-state index in [0.29, 0.717) is 18.2 Å². The van der Waals surface area contributed by atoms with E-state index in [1.165, 1.54) is 12.8 Å². The lowest BCUT2D eigenvalue weighted by atomic mass is 10.0. The van der Waals surface area contributed by atoms with Gasteiger partial charge in [0.15, 0.2) is 0 Å². The summed E-state index contributed by atoms with van der Waals surface area (Å²) >= 11 is 0. The number of H-pyrrole nitrogens is 1. The molecule has 21 heavy (non-hydrogen) atoms. The fraction of sp³-hybridized carbons (Fsp3) is 0.667. The number of aromatic amines is 1. The van der Waals surface area contributed by atoms with Gasteiger partial charge in [-0.25, -0.2) is 0 Å². The van der Waals surface area contributed by atoms with Crippen LogP contribution in [0.2, 0.25) is 0 Å². The van der Waals surface area contributed by atoms with Gasteiger partial charge in [-0.3, -0.25) is 14.7 Å². The molecule has 3 aliphatic rings. The summed E-state index contributed by atoms with van der Waals surface area (Å²) in [5.74, 6) is 1.01. The number of nitrogens with zero attached hydrogens (tertiary/aromatic N) is 2. The van der Waals surface area contributed by atoms with Gasteiger partial charge < -0.3 is 10.2 Å². The summed E-state index contributed by atoms with van der Waals surface area (Å²) in [6.45, 7) is 2.28. The first-order valence-corrected chi connectivity index (χ1v) is 7.74. The van der Waals surface area contributed by atoms with Crippen molar-refractivity contribution in [3.63, 3.8) is 0 Å². The van der Waals surface area contributed by atoms with Crippen molar-refractivity contribution in [2.75, 3.05) is 19.6 Å². The molecule has 1 aromatic heterocycles. The maximum absolute atomic E-state index is 12.3. The van der Waals surface area contributed by atoms with Gasteiger partial charge in [0.25, 0.3) is 5.91 Å². The Balaban J connectivity index is 1.34. The van der Waals surface area contributed by atoms with E-state index >= 15 is 0 Å². The van der Waals surface area contributed by atoms with Crippen LogP contribution in [-0.4, -0.2) is 46.5 Å². The van der Waals surface area contributed by atoms with Gasteiger partial charge in [0.1, 0.15) is 5.69 Å². The first-order chi connectivity index (χ1) is 10.2. The number of carbonyl (C=O) groups excluding carboxylic acids is 2. The van der Waals surface area contributed by atoms with Crippen LogP contribution in [0.25, 0.3) is 0 Å². The minimum Gasteiger partial charge on any atom is -0.356 e. The molecule has 0 radical (unpaired) electrons. The fourth-order valence-corrected chi connectivity index (χ4v) is 3.47. The van der Waals surface area contributed by atoms with Gasteiger partial charge in [0, 0.05) is 37.2 Å². The van der Waals surface area contributed by atoms with Gasteiger partial charge in [-0.05, 0) is 37.7 Å². The Hall–Kier alpha value is -1.85. The first kappa shape index (κ1) is 12.9. The maximum Gasteiger partial charge on any atom is 0.271 e. The summed E-state index contributed by atoms with van der Waals surface area (Å²) in [6.07, 6.45) is 5.96. The maximum atomic E-state index is 12.3. The number of rotatable bonds is 4. The quantitative estimate of drug-likeness (QED) is 0.859. The Morgan fingerprint density at radius 2 is 2.33 bits per heavy atom. The van der Waals surface area contributed by atoms with Crippen molar-refractivity contribution >= 4 is 11.8 Å². The number of hydrogen-bond acceptors (Lipinski definition) is 3. The number of likely N-dealkylation sites (tertiary alicyclic amines) is 1. The van der Waals surface area contributed by atoms with E-state index in [0.717, 1.165) is 25.9 Å².